The lowest BCUT2D eigenvalue weighted by molar-refractivity contribution is 0.0172. The van der Waals surface area contributed by atoms with Gasteiger partial charge in [0.15, 0.2) is 0 Å². The quantitative estimate of drug-likeness (QED) is 0.715. The molecule has 3 rings (SSSR count). The number of halogens is 1. The normalized spacial score (nSPS) is 14.1. The molecule has 0 atom stereocenters. The number of aromatic nitrogens is 1. The first kappa shape index (κ1) is 24.3. The zero-order valence-electron chi connectivity index (χ0n) is 18.8. The van der Waals surface area contributed by atoms with Crippen LogP contribution in [0.15, 0.2) is 42.6 Å². The number of pyridine rings is 1. The average Bonchev–Trinajstić information content (AvgIpc) is 2.76. The standard InChI is InChI=1S/C23H27ClN4O5/c1-23(2,3)33-22(32)27-11-9-26(10-12-27)21(31)28(19-6-4-5-17(24)13-19)15-18-8-7-16(14-25-18)20(29)30/h4-8,13-14H,9-12,15H2,1-3H3,(H,29,30). The van der Waals surface area contributed by atoms with Crippen LogP contribution in [0, 0.1) is 0 Å². The van der Waals surface area contributed by atoms with Gasteiger partial charge in [0, 0.05) is 43.1 Å². The molecule has 0 unspecified atom stereocenters. The highest BCUT2D eigenvalue weighted by atomic mass is 35.5. The minimum absolute atomic E-state index is 0.0673. The molecule has 0 bridgehead atoms. The number of ether oxygens (including phenoxy) is 1. The van der Waals surface area contributed by atoms with E-state index in [-0.39, 0.29) is 18.1 Å². The molecule has 1 saturated heterocycles. The Morgan fingerprint density at radius 3 is 2.30 bits per heavy atom. The van der Waals surface area contributed by atoms with Crippen LogP contribution in [-0.2, 0) is 11.3 Å². The molecule has 0 radical (unpaired) electrons. The van der Waals surface area contributed by atoms with Crippen molar-refractivity contribution < 1.29 is 24.2 Å². The van der Waals surface area contributed by atoms with Crippen LogP contribution in [0.1, 0.15) is 36.8 Å². The van der Waals surface area contributed by atoms with Gasteiger partial charge in [0.05, 0.1) is 17.8 Å². The molecule has 1 fully saturated rings. The minimum atomic E-state index is -1.07. The van der Waals surface area contributed by atoms with Crippen LogP contribution in [0.25, 0.3) is 0 Å². The Hall–Kier alpha value is -3.33. The van der Waals surface area contributed by atoms with E-state index in [0.717, 1.165) is 0 Å². The largest absolute Gasteiger partial charge is 0.478 e. The number of nitrogens with zero attached hydrogens (tertiary/aromatic N) is 4. The fourth-order valence-electron chi connectivity index (χ4n) is 3.30. The fraction of sp³-hybridized carbons (Fsp3) is 0.391. The van der Waals surface area contributed by atoms with Crippen molar-refractivity contribution in [3.05, 3.63) is 58.9 Å². The molecule has 2 heterocycles. The molecule has 0 spiro atoms. The Morgan fingerprint density at radius 2 is 1.76 bits per heavy atom. The molecule has 176 valence electrons. The molecule has 1 N–H and O–H groups in total. The maximum absolute atomic E-state index is 13.4. The molecule has 33 heavy (non-hydrogen) atoms. The Kier molecular flexibility index (Phi) is 7.43. The topological polar surface area (TPSA) is 103 Å². The summed E-state index contributed by atoms with van der Waals surface area (Å²) in [4.78, 5) is 45.8. The molecule has 1 aliphatic rings. The second-order valence-electron chi connectivity index (χ2n) is 8.65. The molecule has 1 aromatic carbocycles. The number of rotatable bonds is 4. The summed E-state index contributed by atoms with van der Waals surface area (Å²) in [7, 11) is 0. The number of carboxylic acids is 1. The first-order valence-corrected chi connectivity index (χ1v) is 10.9. The number of hydrogen-bond acceptors (Lipinski definition) is 5. The SMILES string of the molecule is CC(C)(C)OC(=O)N1CCN(C(=O)N(Cc2ccc(C(=O)O)cn2)c2cccc(Cl)c2)CC1. The van der Waals surface area contributed by atoms with Gasteiger partial charge in [0.1, 0.15) is 5.60 Å². The van der Waals surface area contributed by atoms with E-state index in [1.807, 2.05) is 20.8 Å². The number of benzene rings is 1. The number of carboxylic acid groups (broad SMARTS) is 1. The Bertz CT molecular complexity index is 1010. The van der Waals surface area contributed by atoms with Gasteiger partial charge in [0.25, 0.3) is 0 Å². The maximum atomic E-state index is 13.4. The van der Waals surface area contributed by atoms with Crippen LogP contribution in [-0.4, -0.2) is 69.8 Å². The summed E-state index contributed by atoms with van der Waals surface area (Å²) in [6.45, 7) is 6.97. The number of carbonyl (C=O) groups excluding carboxylic acids is 2. The summed E-state index contributed by atoms with van der Waals surface area (Å²) in [6, 6.07) is 9.69. The highest BCUT2D eigenvalue weighted by Crippen LogP contribution is 2.23. The summed E-state index contributed by atoms with van der Waals surface area (Å²) in [5, 5.41) is 9.57. The van der Waals surface area contributed by atoms with E-state index in [4.69, 9.17) is 21.4 Å². The highest BCUT2D eigenvalue weighted by Gasteiger charge is 2.30. The van der Waals surface area contributed by atoms with Crippen molar-refractivity contribution in [1.82, 2.24) is 14.8 Å². The molecule has 1 aromatic heterocycles. The summed E-state index contributed by atoms with van der Waals surface area (Å²) >= 11 is 6.15. The first-order chi connectivity index (χ1) is 15.5. The number of hydrogen-bond donors (Lipinski definition) is 1. The van der Waals surface area contributed by atoms with Crippen LogP contribution < -0.4 is 4.90 Å². The Labute approximate surface area is 197 Å². The number of amides is 3. The van der Waals surface area contributed by atoms with Gasteiger partial charge in [-0.05, 0) is 51.1 Å². The van der Waals surface area contributed by atoms with Gasteiger partial charge < -0.3 is 19.6 Å². The second kappa shape index (κ2) is 10.1. The lowest BCUT2D eigenvalue weighted by atomic mass is 10.2. The van der Waals surface area contributed by atoms with Crippen molar-refractivity contribution in [3.63, 3.8) is 0 Å². The number of aromatic carboxylic acids is 1. The summed E-state index contributed by atoms with van der Waals surface area (Å²) in [5.41, 5.74) is 0.598. The summed E-state index contributed by atoms with van der Waals surface area (Å²) < 4.78 is 5.42. The third-order valence-corrected chi connectivity index (χ3v) is 5.18. The van der Waals surface area contributed by atoms with E-state index in [9.17, 15) is 14.4 Å². The molecular weight excluding hydrogens is 448 g/mol. The lowest BCUT2D eigenvalue weighted by Crippen LogP contribution is -2.54. The molecule has 0 aliphatic carbocycles. The maximum Gasteiger partial charge on any atom is 0.410 e. The van der Waals surface area contributed by atoms with Crippen LogP contribution in [0.5, 0.6) is 0 Å². The van der Waals surface area contributed by atoms with Crippen molar-refractivity contribution in [2.45, 2.75) is 32.9 Å². The molecular formula is C23H27ClN4O5. The van der Waals surface area contributed by atoms with E-state index in [0.29, 0.717) is 42.6 Å². The average molecular weight is 475 g/mol. The van der Waals surface area contributed by atoms with Crippen LogP contribution in [0.2, 0.25) is 5.02 Å². The van der Waals surface area contributed by atoms with Crippen LogP contribution in [0.3, 0.4) is 0 Å². The third-order valence-electron chi connectivity index (χ3n) is 4.94. The number of piperazine rings is 1. The van der Waals surface area contributed by atoms with Gasteiger partial charge >= 0.3 is 18.1 Å². The zero-order valence-corrected chi connectivity index (χ0v) is 19.6. The first-order valence-electron chi connectivity index (χ1n) is 10.5. The van der Waals surface area contributed by atoms with E-state index in [1.165, 1.54) is 17.2 Å². The molecule has 9 nitrogen and oxygen atoms in total. The van der Waals surface area contributed by atoms with Gasteiger partial charge in [0.2, 0.25) is 0 Å². The Balaban J connectivity index is 1.75. The van der Waals surface area contributed by atoms with E-state index in [1.54, 1.807) is 40.1 Å². The summed E-state index contributed by atoms with van der Waals surface area (Å²) in [6.07, 6.45) is 0.863. The second-order valence-corrected chi connectivity index (χ2v) is 9.08. The monoisotopic (exact) mass is 474 g/mol. The molecule has 10 heteroatoms. The van der Waals surface area contributed by atoms with Crippen LogP contribution >= 0.6 is 11.6 Å². The summed E-state index contributed by atoms with van der Waals surface area (Å²) in [5.74, 6) is -1.07. The number of carbonyl (C=O) groups is 3. The fourth-order valence-corrected chi connectivity index (χ4v) is 3.48. The van der Waals surface area contributed by atoms with Gasteiger partial charge in [-0.25, -0.2) is 14.4 Å². The number of urea groups is 1. The molecule has 0 saturated carbocycles. The highest BCUT2D eigenvalue weighted by molar-refractivity contribution is 6.30. The van der Waals surface area contributed by atoms with E-state index < -0.39 is 17.7 Å². The lowest BCUT2D eigenvalue weighted by Gasteiger charge is -2.38. The predicted octanol–water partition coefficient (Wildman–Crippen LogP) is 4.11. The van der Waals surface area contributed by atoms with E-state index >= 15 is 0 Å². The number of anilines is 1. The van der Waals surface area contributed by atoms with Crippen molar-refractivity contribution in [2.24, 2.45) is 0 Å². The Morgan fingerprint density at radius 1 is 1.09 bits per heavy atom. The predicted molar refractivity (Wildman–Crippen MR) is 124 cm³/mol. The van der Waals surface area contributed by atoms with Crippen molar-refractivity contribution >= 4 is 35.4 Å². The van der Waals surface area contributed by atoms with E-state index in [2.05, 4.69) is 4.98 Å². The van der Waals surface area contributed by atoms with Crippen LogP contribution in [0.4, 0.5) is 15.3 Å². The van der Waals surface area contributed by atoms with Crippen molar-refractivity contribution in [3.8, 4) is 0 Å². The third kappa shape index (κ3) is 6.58. The minimum Gasteiger partial charge on any atom is -0.478 e. The molecule has 2 aromatic rings. The van der Waals surface area contributed by atoms with Gasteiger partial charge in [-0.2, -0.15) is 0 Å². The zero-order chi connectivity index (χ0) is 24.2. The molecule has 3 amide bonds. The van der Waals surface area contributed by atoms with Crippen molar-refractivity contribution in [1.29, 1.82) is 0 Å². The van der Waals surface area contributed by atoms with Crippen molar-refractivity contribution in [2.75, 3.05) is 31.1 Å². The van der Waals surface area contributed by atoms with Gasteiger partial charge in [-0.1, -0.05) is 17.7 Å². The van der Waals surface area contributed by atoms with Gasteiger partial charge in [-0.15, -0.1) is 0 Å². The molecule has 1 aliphatic heterocycles. The van der Waals surface area contributed by atoms with Gasteiger partial charge in [-0.3, -0.25) is 9.88 Å². The smallest absolute Gasteiger partial charge is 0.410 e.